The van der Waals surface area contributed by atoms with Gasteiger partial charge >= 0.3 is 0 Å². The van der Waals surface area contributed by atoms with Crippen LogP contribution in [0, 0.1) is 3.57 Å². The van der Waals surface area contributed by atoms with Gasteiger partial charge in [-0.1, -0.05) is 23.2 Å². The molecule has 2 rings (SSSR count). The average molecular weight is 399 g/mol. The minimum absolute atomic E-state index is 0.0685. The highest BCUT2D eigenvalue weighted by atomic mass is 127. The fourth-order valence-corrected chi connectivity index (χ4v) is 2.73. The fraction of sp³-hybridized carbons (Fsp3) is 0.273. The van der Waals surface area contributed by atoms with Crippen LogP contribution >= 0.6 is 45.8 Å². The lowest BCUT2D eigenvalue weighted by Crippen LogP contribution is -2.50. The Balaban J connectivity index is 2.31. The Morgan fingerprint density at radius 2 is 2.11 bits per heavy atom. The van der Waals surface area contributed by atoms with E-state index in [1.807, 2.05) is 22.6 Å². The maximum atomic E-state index is 12.3. The number of amides is 2. The molecule has 4 nitrogen and oxygen atoms in total. The van der Waals surface area contributed by atoms with Crippen LogP contribution in [0.3, 0.4) is 0 Å². The van der Waals surface area contributed by atoms with E-state index in [1.165, 1.54) is 4.90 Å². The third-order valence-corrected chi connectivity index (χ3v) is 4.55. The molecule has 0 radical (unpaired) electrons. The van der Waals surface area contributed by atoms with Crippen LogP contribution in [-0.2, 0) is 4.79 Å². The first kappa shape index (κ1) is 13.9. The molecule has 0 unspecified atom stereocenters. The Labute approximate surface area is 128 Å². The number of carbonyl (C=O) groups excluding carboxylic acids is 2. The van der Waals surface area contributed by atoms with E-state index in [2.05, 4.69) is 5.32 Å². The molecule has 0 saturated carbocycles. The summed E-state index contributed by atoms with van der Waals surface area (Å²) in [4.78, 5) is 25.1. The maximum Gasteiger partial charge on any atom is 0.255 e. The largest absolute Gasteiger partial charge is 0.353 e. The quantitative estimate of drug-likeness (QED) is 0.582. The Morgan fingerprint density at radius 3 is 2.78 bits per heavy atom. The highest BCUT2D eigenvalue weighted by Gasteiger charge is 2.24. The molecule has 2 amide bonds. The van der Waals surface area contributed by atoms with Crippen LogP contribution in [0.5, 0.6) is 0 Å². The van der Waals surface area contributed by atoms with E-state index in [0.29, 0.717) is 32.3 Å². The molecule has 1 aliphatic rings. The van der Waals surface area contributed by atoms with Crippen LogP contribution in [0.2, 0.25) is 10.0 Å². The van der Waals surface area contributed by atoms with Gasteiger partial charge in [0.1, 0.15) is 0 Å². The van der Waals surface area contributed by atoms with Crippen molar-refractivity contribution in [2.45, 2.75) is 0 Å². The first-order valence-electron chi connectivity index (χ1n) is 5.19. The molecule has 18 heavy (non-hydrogen) atoms. The molecule has 96 valence electrons. The molecule has 0 spiro atoms. The lowest BCUT2D eigenvalue weighted by atomic mass is 10.2. The van der Waals surface area contributed by atoms with Gasteiger partial charge in [-0.15, -0.1) is 0 Å². The van der Waals surface area contributed by atoms with Crippen LogP contribution in [0.25, 0.3) is 0 Å². The standard InChI is InChI=1S/C11H9Cl2IN2O2/c12-6-3-7(10(14)8(13)4-6)11(18)16-2-1-15-9(17)5-16/h3-4H,1-2,5H2,(H,15,17). The predicted molar refractivity (Wildman–Crippen MR) is 78.1 cm³/mol. The molecule has 1 aliphatic heterocycles. The number of nitrogens with one attached hydrogen (secondary N) is 1. The molecule has 0 aliphatic carbocycles. The predicted octanol–water partition coefficient (Wildman–Crippen LogP) is 2.17. The SMILES string of the molecule is O=C1CN(C(=O)c2cc(Cl)cc(Cl)c2I)CCN1. The molecule has 1 saturated heterocycles. The molecule has 0 bridgehead atoms. The van der Waals surface area contributed by atoms with Crippen LogP contribution in [0.15, 0.2) is 12.1 Å². The normalized spacial score (nSPS) is 15.5. The fourth-order valence-electron chi connectivity index (χ4n) is 1.69. The van der Waals surface area contributed by atoms with Crippen LogP contribution < -0.4 is 5.32 Å². The molecule has 7 heteroatoms. The zero-order valence-corrected chi connectivity index (χ0v) is 12.8. The Kier molecular flexibility index (Phi) is 4.34. The van der Waals surface area contributed by atoms with E-state index in [1.54, 1.807) is 12.1 Å². The molecule has 1 fully saturated rings. The summed E-state index contributed by atoms with van der Waals surface area (Å²) in [5.74, 6) is -0.378. The zero-order valence-electron chi connectivity index (χ0n) is 9.17. The summed E-state index contributed by atoms with van der Waals surface area (Å²) in [7, 11) is 0. The minimum Gasteiger partial charge on any atom is -0.353 e. The number of nitrogens with zero attached hydrogens (tertiary/aromatic N) is 1. The summed E-state index contributed by atoms with van der Waals surface area (Å²) in [6.07, 6.45) is 0. The summed E-state index contributed by atoms with van der Waals surface area (Å²) in [6.45, 7) is 1.03. The summed E-state index contributed by atoms with van der Waals surface area (Å²) in [5, 5.41) is 3.51. The second-order valence-electron chi connectivity index (χ2n) is 3.83. The highest BCUT2D eigenvalue weighted by molar-refractivity contribution is 14.1. The molecule has 0 atom stereocenters. The van der Waals surface area contributed by atoms with Crippen molar-refractivity contribution < 1.29 is 9.59 Å². The van der Waals surface area contributed by atoms with Gasteiger partial charge in [0, 0.05) is 21.7 Å². The van der Waals surface area contributed by atoms with Gasteiger partial charge < -0.3 is 10.2 Å². The Bertz CT molecular complexity index is 522. The first-order valence-corrected chi connectivity index (χ1v) is 7.03. The number of benzene rings is 1. The van der Waals surface area contributed by atoms with Crippen molar-refractivity contribution in [1.29, 1.82) is 0 Å². The lowest BCUT2D eigenvalue weighted by molar-refractivity contribution is -0.123. The van der Waals surface area contributed by atoms with Gasteiger partial charge in [-0.3, -0.25) is 9.59 Å². The van der Waals surface area contributed by atoms with E-state index < -0.39 is 0 Å². The van der Waals surface area contributed by atoms with Crippen molar-refractivity contribution in [2.75, 3.05) is 19.6 Å². The van der Waals surface area contributed by atoms with Crippen molar-refractivity contribution in [2.24, 2.45) is 0 Å². The van der Waals surface area contributed by atoms with E-state index in [9.17, 15) is 9.59 Å². The van der Waals surface area contributed by atoms with Gasteiger partial charge in [0.15, 0.2) is 0 Å². The van der Waals surface area contributed by atoms with Crippen LogP contribution in [0.1, 0.15) is 10.4 Å². The summed E-state index contributed by atoms with van der Waals surface area (Å²) in [5.41, 5.74) is 0.433. The number of hydrogen-bond donors (Lipinski definition) is 1. The third kappa shape index (κ3) is 2.89. The van der Waals surface area contributed by atoms with E-state index in [0.717, 1.165) is 0 Å². The Hall–Kier alpha value is -0.530. The van der Waals surface area contributed by atoms with E-state index in [4.69, 9.17) is 23.2 Å². The van der Waals surface area contributed by atoms with Crippen molar-refractivity contribution in [3.05, 3.63) is 31.3 Å². The zero-order chi connectivity index (χ0) is 13.3. The smallest absolute Gasteiger partial charge is 0.255 e. The van der Waals surface area contributed by atoms with Crippen LogP contribution in [0.4, 0.5) is 0 Å². The average Bonchev–Trinajstić information content (AvgIpc) is 2.33. The number of halogens is 3. The highest BCUT2D eigenvalue weighted by Crippen LogP contribution is 2.27. The van der Waals surface area contributed by atoms with Gasteiger partial charge in [-0.2, -0.15) is 0 Å². The number of carbonyl (C=O) groups is 2. The first-order chi connectivity index (χ1) is 8.49. The van der Waals surface area contributed by atoms with Gasteiger partial charge in [0.05, 0.1) is 17.1 Å². The molecule has 0 aromatic heterocycles. The molecule has 1 heterocycles. The lowest BCUT2D eigenvalue weighted by Gasteiger charge is -2.27. The van der Waals surface area contributed by atoms with Gasteiger partial charge in [0.25, 0.3) is 5.91 Å². The van der Waals surface area contributed by atoms with Crippen molar-refractivity contribution in [3.63, 3.8) is 0 Å². The second kappa shape index (κ2) is 5.63. The summed E-state index contributed by atoms with van der Waals surface area (Å²) in [6, 6.07) is 3.16. The molecule has 1 aromatic rings. The number of hydrogen-bond acceptors (Lipinski definition) is 2. The minimum atomic E-state index is -0.223. The second-order valence-corrected chi connectivity index (χ2v) is 5.75. The summed E-state index contributed by atoms with van der Waals surface area (Å²) >= 11 is 13.9. The van der Waals surface area contributed by atoms with E-state index >= 15 is 0 Å². The van der Waals surface area contributed by atoms with Crippen LogP contribution in [-0.4, -0.2) is 36.3 Å². The summed E-state index contributed by atoms with van der Waals surface area (Å²) < 4.78 is 0.648. The maximum absolute atomic E-state index is 12.3. The van der Waals surface area contributed by atoms with Gasteiger partial charge in [-0.05, 0) is 34.7 Å². The molecule has 1 aromatic carbocycles. The molecular formula is C11H9Cl2IN2O2. The monoisotopic (exact) mass is 398 g/mol. The molecule has 1 N–H and O–H groups in total. The van der Waals surface area contributed by atoms with Crippen molar-refractivity contribution in [1.82, 2.24) is 10.2 Å². The van der Waals surface area contributed by atoms with E-state index in [-0.39, 0.29) is 18.4 Å². The van der Waals surface area contributed by atoms with Crippen molar-refractivity contribution >= 4 is 57.6 Å². The number of piperazine rings is 1. The van der Waals surface area contributed by atoms with Gasteiger partial charge in [0.2, 0.25) is 5.91 Å². The topological polar surface area (TPSA) is 49.4 Å². The van der Waals surface area contributed by atoms with Gasteiger partial charge in [-0.25, -0.2) is 0 Å². The molecular weight excluding hydrogens is 390 g/mol. The Morgan fingerprint density at radius 1 is 1.39 bits per heavy atom. The third-order valence-electron chi connectivity index (χ3n) is 2.55. The van der Waals surface area contributed by atoms with Crippen molar-refractivity contribution in [3.8, 4) is 0 Å². The number of rotatable bonds is 1.